The van der Waals surface area contributed by atoms with Crippen molar-refractivity contribution in [2.45, 2.75) is 19.3 Å². The molecule has 60 heavy (non-hydrogen) atoms. The number of nitrogens with zero attached hydrogens (tertiary/aromatic N) is 3. The zero-order valence-corrected chi connectivity index (χ0v) is 33.5. The van der Waals surface area contributed by atoms with Gasteiger partial charge in [0.05, 0.1) is 98.9 Å². The van der Waals surface area contributed by atoms with Crippen molar-refractivity contribution in [3.63, 3.8) is 0 Å². The van der Waals surface area contributed by atoms with Gasteiger partial charge < -0.3 is 44.4 Å². The molecule has 1 aliphatic carbocycles. The van der Waals surface area contributed by atoms with Gasteiger partial charge in [-0.1, -0.05) is 0 Å². The number of hydrogen-bond donors (Lipinski definition) is 3. The smallest absolute Gasteiger partial charge is 0.253 e. The molecule has 0 aromatic carbocycles. The Morgan fingerprint density at radius 3 is 0.833 bits per heavy atom. The van der Waals surface area contributed by atoms with Gasteiger partial charge in [0.2, 0.25) is 17.7 Å². The lowest BCUT2D eigenvalue weighted by atomic mass is 9.74. The predicted octanol–water partition coefficient (Wildman–Crippen LogP) is -2.76. The summed E-state index contributed by atoms with van der Waals surface area (Å²) in [7, 11) is 0. The van der Waals surface area contributed by atoms with Gasteiger partial charge in [-0.05, 0) is 19.3 Å². The Bertz CT molecular complexity index is 1390. The van der Waals surface area contributed by atoms with E-state index in [0.717, 1.165) is 14.7 Å². The van der Waals surface area contributed by atoms with Crippen LogP contribution in [0.15, 0.2) is 36.5 Å². The minimum atomic E-state index is -0.621. The fourth-order valence-corrected chi connectivity index (χ4v) is 6.52. The molecule has 4 aliphatic rings. The van der Waals surface area contributed by atoms with Gasteiger partial charge in [0.15, 0.2) is 0 Å². The number of carbonyl (C=O) groups excluding carboxylic acids is 9. The summed E-state index contributed by atoms with van der Waals surface area (Å²) in [4.78, 5) is 113. The van der Waals surface area contributed by atoms with E-state index in [1.165, 1.54) is 36.5 Å². The standard InChI is InChI=1S/C39H54N6O15/c46-31-1-2-32(47)43(31)10-16-58-22-19-55-13-7-40-37(52)28-25-29(38(53)41-8-14-56-20-23-59-17-11-44-33(48)3-4-34(44)49)27-30(26-28)39(54)42-9-15-57-21-24-60-18-12-45-35(50)5-6-36(45)51/h1-6,28-30H,7-27H2,(H,40,52)(H,41,53)(H,42,54). The Morgan fingerprint density at radius 2 is 0.600 bits per heavy atom. The second-order valence-corrected chi connectivity index (χ2v) is 13.8. The van der Waals surface area contributed by atoms with Crippen LogP contribution in [-0.4, -0.2) is 186 Å². The van der Waals surface area contributed by atoms with Crippen molar-refractivity contribution in [1.29, 1.82) is 0 Å². The van der Waals surface area contributed by atoms with Crippen LogP contribution in [0.4, 0.5) is 0 Å². The summed E-state index contributed by atoms with van der Waals surface area (Å²) in [5.41, 5.74) is 0. The number of rotatable bonds is 30. The van der Waals surface area contributed by atoms with Gasteiger partial charge in [-0.15, -0.1) is 0 Å². The van der Waals surface area contributed by atoms with Gasteiger partial charge in [-0.25, -0.2) is 0 Å². The Labute approximate surface area is 347 Å². The van der Waals surface area contributed by atoms with Crippen LogP contribution < -0.4 is 16.0 Å². The Morgan fingerprint density at radius 1 is 0.383 bits per heavy atom. The summed E-state index contributed by atoms with van der Waals surface area (Å²) in [5.74, 6) is -5.07. The van der Waals surface area contributed by atoms with Crippen molar-refractivity contribution >= 4 is 53.2 Å². The second kappa shape index (κ2) is 26.1. The van der Waals surface area contributed by atoms with Crippen molar-refractivity contribution in [1.82, 2.24) is 30.7 Å². The minimum absolute atomic E-state index is 0.135. The highest BCUT2D eigenvalue weighted by atomic mass is 16.5. The molecule has 0 spiro atoms. The molecule has 1 fully saturated rings. The molecule has 0 aromatic heterocycles. The maximum Gasteiger partial charge on any atom is 0.253 e. The molecule has 9 amide bonds. The van der Waals surface area contributed by atoms with Crippen LogP contribution in [0, 0.1) is 17.8 Å². The zero-order chi connectivity index (χ0) is 43.1. The lowest BCUT2D eigenvalue weighted by Crippen LogP contribution is -2.46. The predicted molar refractivity (Wildman–Crippen MR) is 206 cm³/mol. The van der Waals surface area contributed by atoms with Crippen LogP contribution in [-0.2, 0) is 71.6 Å². The topological polar surface area (TPSA) is 255 Å². The minimum Gasteiger partial charge on any atom is -0.377 e. The van der Waals surface area contributed by atoms with Crippen LogP contribution in [0.2, 0.25) is 0 Å². The van der Waals surface area contributed by atoms with Gasteiger partial charge in [0.25, 0.3) is 35.4 Å². The van der Waals surface area contributed by atoms with Crippen molar-refractivity contribution in [2.24, 2.45) is 17.8 Å². The summed E-state index contributed by atoms with van der Waals surface area (Å²) in [5, 5.41) is 8.47. The van der Waals surface area contributed by atoms with Gasteiger partial charge >= 0.3 is 0 Å². The molecule has 3 aliphatic heterocycles. The molecule has 0 aromatic rings. The second-order valence-electron chi connectivity index (χ2n) is 13.8. The Kier molecular flexibility index (Phi) is 20.7. The number of ether oxygens (including phenoxy) is 6. The number of amides is 9. The molecule has 0 radical (unpaired) electrons. The third-order valence-electron chi connectivity index (χ3n) is 9.65. The first-order chi connectivity index (χ1) is 29.0. The van der Waals surface area contributed by atoms with E-state index in [-0.39, 0.29) is 191 Å². The highest BCUT2D eigenvalue weighted by Gasteiger charge is 2.39. The fourth-order valence-electron chi connectivity index (χ4n) is 6.52. The summed E-state index contributed by atoms with van der Waals surface area (Å²) in [6.45, 7) is 3.32. The van der Waals surface area contributed by atoms with E-state index in [1.54, 1.807) is 0 Å². The summed E-state index contributed by atoms with van der Waals surface area (Å²) < 4.78 is 32.8. The number of carbonyl (C=O) groups is 9. The molecule has 3 heterocycles. The maximum atomic E-state index is 13.3. The largest absolute Gasteiger partial charge is 0.377 e. The Hall–Kier alpha value is -5.19. The molecule has 3 N–H and O–H groups in total. The molecule has 0 saturated heterocycles. The van der Waals surface area contributed by atoms with Crippen molar-refractivity contribution in [3.8, 4) is 0 Å². The van der Waals surface area contributed by atoms with Gasteiger partial charge in [0, 0.05) is 73.8 Å². The van der Waals surface area contributed by atoms with Crippen LogP contribution in [0.1, 0.15) is 19.3 Å². The number of nitrogens with one attached hydrogen (secondary N) is 3. The van der Waals surface area contributed by atoms with Crippen LogP contribution >= 0.6 is 0 Å². The lowest BCUT2D eigenvalue weighted by Gasteiger charge is -2.33. The van der Waals surface area contributed by atoms with E-state index in [0.29, 0.717) is 0 Å². The van der Waals surface area contributed by atoms with E-state index >= 15 is 0 Å². The molecular weight excluding hydrogens is 792 g/mol. The number of hydrogen-bond acceptors (Lipinski definition) is 15. The maximum absolute atomic E-state index is 13.3. The molecule has 4 rings (SSSR count). The molecule has 0 bridgehead atoms. The van der Waals surface area contributed by atoms with Crippen molar-refractivity contribution < 1.29 is 71.6 Å². The highest BCUT2D eigenvalue weighted by molar-refractivity contribution is 6.14. The molecule has 0 unspecified atom stereocenters. The molecule has 330 valence electrons. The summed E-state index contributed by atoms with van der Waals surface area (Å²) in [6, 6.07) is 0. The summed E-state index contributed by atoms with van der Waals surface area (Å²) >= 11 is 0. The third kappa shape index (κ3) is 16.1. The first-order valence-corrected chi connectivity index (χ1v) is 19.9. The lowest BCUT2D eigenvalue weighted by molar-refractivity contribution is -0.139. The zero-order valence-electron chi connectivity index (χ0n) is 33.5. The van der Waals surface area contributed by atoms with Gasteiger partial charge in [-0.3, -0.25) is 57.9 Å². The molecule has 21 heteroatoms. The van der Waals surface area contributed by atoms with Crippen LogP contribution in [0.3, 0.4) is 0 Å². The summed E-state index contributed by atoms with van der Waals surface area (Å²) in [6.07, 6.45) is 7.94. The average Bonchev–Trinajstić information content (AvgIpc) is 3.87. The van der Waals surface area contributed by atoms with Crippen molar-refractivity contribution in [3.05, 3.63) is 36.5 Å². The monoisotopic (exact) mass is 846 g/mol. The molecule has 21 nitrogen and oxygen atoms in total. The van der Waals surface area contributed by atoms with Crippen molar-refractivity contribution in [2.75, 3.05) is 119 Å². The van der Waals surface area contributed by atoms with E-state index in [1.807, 2.05) is 0 Å². The van der Waals surface area contributed by atoms with Gasteiger partial charge in [0.1, 0.15) is 0 Å². The third-order valence-corrected chi connectivity index (χ3v) is 9.65. The first-order valence-electron chi connectivity index (χ1n) is 19.9. The normalized spacial score (nSPS) is 20.0. The van der Waals surface area contributed by atoms with E-state index in [9.17, 15) is 43.2 Å². The highest BCUT2D eigenvalue weighted by Crippen LogP contribution is 2.34. The molecular formula is C39H54N6O15. The average molecular weight is 847 g/mol. The number of imide groups is 3. The van der Waals surface area contributed by atoms with Crippen LogP contribution in [0.25, 0.3) is 0 Å². The fraction of sp³-hybridized carbons (Fsp3) is 0.615. The van der Waals surface area contributed by atoms with E-state index in [4.69, 9.17) is 28.4 Å². The van der Waals surface area contributed by atoms with E-state index in [2.05, 4.69) is 16.0 Å². The SMILES string of the molecule is O=C(NCCOCCOCCN1C(=O)C=CC1=O)C1CC(C(=O)NCCOCCOCCN2C(=O)C=CC2=O)CC(C(=O)NCCOCCOCCN2C(=O)C=CC2=O)C1. The quantitative estimate of drug-likeness (QED) is 0.0489. The molecule has 1 saturated carbocycles. The van der Waals surface area contributed by atoms with Gasteiger partial charge in [-0.2, -0.15) is 0 Å². The van der Waals surface area contributed by atoms with Crippen LogP contribution in [0.5, 0.6) is 0 Å². The molecule has 0 atom stereocenters. The Balaban J connectivity index is 1.11. The first kappa shape index (κ1) is 47.5. The van der Waals surface area contributed by atoms with E-state index < -0.39 is 17.8 Å².